The highest BCUT2D eigenvalue weighted by atomic mass is 32.1. The highest BCUT2D eigenvalue weighted by Crippen LogP contribution is 2.10. The number of hydrogen-bond acceptors (Lipinski definition) is 3. The normalized spacial score (nSPS) is 20.2. The third kappa shape index (κ3) is 5.56. The highest BCUT2D eigenvalue weighted by Gasteiger charge is 2.24. The number of amides is 1. The first kappa shape index (κ1) is 17.9. The van der Waals surface area contributed by atoms with Crippen LogP contribution in [0.3, 0.4) is 0 Å². The van der Waals surface area contributed by atoms with E-state index in [9.17, 15) is 4.79 Å². The number of hydrogen-bond donors (Lipinski definition) is 3. The maximum Gasteiger partial charge on any atom is 0.275 e. The lowest BCUT2D eigenvalue weighted by Crippen LogP contribution is -3.28. The van der Waals surface area contributed by atoms with Crippen molar-refractivity contribution < 1.29 is 19.3 Å². The molecule has 1 aliphatic rings. The lowest BCUT2D eigenvalue weighted by Gasteiger charge is -2.29. The Hall–Kier alpha value is -1.89. The van der Waals surface area contributed by atoms with Crippen molar-refractivity contribution in [2.75, 3.05) is 39.8 Å². The Morgan fingerprint density at radius 3 is 2.48 bits per heavy atom. The van der Waals surface area contributed by atoms with Crippen molar-refractivity contribution >= 4 is 17.2 Å². The Labute approximate surface area is 153 Å². The molecule has 1 saturated heterocycles. The first-order valence-electron chi connectivity index (χ1n) is 8.82. The Kier molecular flexibility index (Phi) is 6.44. The average Bonchev–Trinajstić information content (AvgIpc) is 3.15. The molecular weight excluding hydrogens is 334 g/mol. The van der Waals surface area contributed by atoms with E-state index in [2.05, 4.69) is 22.8 Å². The second-order valence-electron chi connectivity index (χ2n) is 6.56. The van der Waals surface area contributed by atoms with E-state index >= 15 is 0 Å². The van der Waals surface area contributed by atoms with Gasteiger partial charge in [0.1, 0.15) is 38.5 Å². The van der Waals surface area contributed by atoms with Crippen LogP contribution in [0, 0.1) is 0 Å². The van der Waals surface area contributed by atoms with E-state index in [0.29, 0.717) is 13.1 Å². The quantitative estimate of drug-likeness (QED) is 0.614. The summed E-state index contributed by atoms with van der Waals surface area (Å²) in [5.74, 6) is 0.968. The van der Waals surface area contributed by atoms with Gasteiger partial charge in [0.2, 0.25) is 0 Å². The summed E-state index contributed by atoms with van der Waals surface area (Å²) in [5.41, 5.74) is 1.09. The first-order chi connectivity index (χ1) is 12.2. The van der Waals surface area contributed by atoms with E-state index in [4.69, 9.17) is 4.74 Å². The molecule has 1 aliphatic heterocycles. The molecule has 1 aromatic carbocycles. The van der Waals surface area contributed by atoms with Crippen molar-refractivity contribution in [3.63, 3.8) is 0 Å². The highest BCUT2D eigenvalue weighted by molar-refractivity contribution is 7.09. The summed E-state index contributed by atoms with van der Waals surface area (Å²) in [6.45, 7) is 6.67. The van der Waals surface area contributed by atoms with E-state index in [1.165, 1.54) is 9.78 Å². The van der Waals surface area contributed by atoms with Gasteiger partial charge in [-0.05, 0) is 29.1 Å². The number of carbonyl (C=O) groups is 1. The number of thiophene rings is 1. The van der Waals surface area contributed by atoms with Crippen molar-refractivity contribution in [2.45, 2.75) is 13.1 Å². The second-order valence-corrected chi connectivity index (χ2v) is 7.59. The predicted octanol–water partition coefficient (Wildman–Crippen LogP) is -0.643. The van der Waals surface area contributed by atoms with Crippen molar-refractivity contribution in [1.82, 2.24) is 5.32 Å². The zero-order valence-corrected chi connectivity index (χ0v) is 15.5. The van der Waals surface area contributed by atoms with Crippen LogP contribution in [0.1, 0.15) is 10.4 Å². The van der Waals surface area contributed by atoms with Crippen molar-refractivity contribution in [1.29, 1.82) is 0 Å². The molecule has 0 unspecified atom stereocenters. The zero-order chi connectivity index (χ0) is 17.5. The fourth-order valence-corrected chi connectivity index (χ4v) is 3.98. The molecule has 3 N–H and O–H groups in total. The van der Waals surface area contributed by atoms with E-state index in [0.717, 1.165) is 44.0 Å². The number of piperazine rings is 1. The Morgan fingerprint density at radius 2 is 1.84 bits per heavy atom. The number of quaternary nitrogens is 2. The van der Waals surface area contributed by atoms with Crippen LogP contribution in [0.25, 0.3) is 0 Å². The van der Waals surface area contributed by atoms with E-state index in [-0.39, 0.29) is 5.91 Å². The molecule has 25 heavy (non-hydrogen) atoms. The summed E-state index contributed by atoms with van der Waals surface area (Å²) >= 11 is 1.84. The molecule has 1 fully saturated rings. The molecule has 0 aliphatic carbocycles. The molecule has 6 heteroatoms. The van der Waals surface area contributed by atoms with E-state index in [1.54, 1.807) is 12.0 Å². The summed E-state index contributed by atoms with van der Waals surface area (Å²) in [7, 11) is 1.65. The topological polar surface area (TPSA) is 47.2 Å². The van der Waals surface area contributed by atoms with Gasteiger partial charge in [-0.15, -0.1) is 11.3 Å². The molecule has 0 spiro atoms. The van der Waals surface area contributed by atoms with Crippen LogP contribution in [-0.4, -0.2) is 45.7 Å². The Bertz CT molecular complexity index is 650. The predicted molar refractivity (Wildman–Crippen MR) is 99.1 cm³/mol. The molecule has 0 saturated carbocycles. The van der Waals surface area contributed by atoms with Crippen LogP contribution in [0.2, 0.25) is 0 Å². The Balaban J connectivity index is 1.35. The van der Waals surface area contributed by atoms with Crippen molar-refractivity contribution in [2.24, 2.45) is 0 Å². The molecule has 1 aromatic heterocycles. The minimum Gasteiger partial charge on any atom is -0.497 e. The third-order valence-corrected chi connectivity index (χ3v) is 5.60. The molecule has 0 bridgehead atoms. The SMILES string of the molecule is COc1ccc(CNC(=O)C[NH+]2CC[NH+](Cc3cccs3)CC2)cc1. The molecule has 0 radical (unpaired) electrons. The summed E-state index contributed by atoms with van der Waals surface area (Å²) in [5, 5.41) is 5.17. The van der Waals surface area contributed by atoms with Crippen LogP contribution < -0.4 is 19.9 Å². The van der Waals surface area contributed by atoms with Gasteiger partial charge in [0, 0.05) is 6.54 Å². The van der Waals surface area contributed by atoms with Crippen molar-refractivity contribution in [3.8, 4) is 5.75 Å². The maximum atomic E-state index is 12.2. The zero-order valence-electron chi connectivity index (χ0n) is 14.7. The summed E-state index contributed by atoms with van der Waals surface area (Å²) in [4.78, 5) is 16.7. The molecule has 3 rings (SSSR count). The minimum atomic E-state index is 0.132. The fourth-order valence-electron chi connectivity index (χ4n) is 3.20. The third-order valence-electron chi connectivity index (χ3n) is 4.73. The lowest BCUT2D eigenvalue weighted by molar-refractivity contribution is -1.01. The van der Waals surface area contributed by atoms with Crippen LogP contribution in [-0.2, 0) is 17.9 Å². The summed E-state index contributed by atoms with van der Waals surface area (Å²) in [6, 6.07) is 12.1. The van der Waals surface area contributed by atoms with Crippen molar-refractivity contribution in [3.05, 3.63) is 52.2 Å². The molecule has 2 heterocycles. The number of rotatable bonds is 7. The number of nitrogens with one attached hydrogen (secondary N) is 3. The van der Waals surface area contributed by atoms with Crippen LogP contribution >= 0.6 is 11.3 Å². The Morgan fingerprint density at radius 1 is 1.12 bits per heavy atom. The molecule has 0 atom stereocenters. The van der Waals surface area contributed by atoms with Gasteiger partial charge < -0.3 is 19.9 Å². The smallest absolute Gasteiger partial charge is 0.275 e. The maximum absolute atomic E-state index is 12.2. The lowest BCUT2D eigenvalue weighted by atomic mass is 10.2. The number of benzene rings is 1. The average molecular weight is 362 g/mol. The van der Waals surface area contributed by atoms with Gasteiger partial charge >= 0.3 is 0 Å². The van der Waals surface area contributed by atoms with Gasteiger partial charge in [0.25, 0.3) is 5.91 Å². The molecular formula is C19H27N3O2S+2. The van der Waals surface area contributed by atoms with Crippen LogP contribution in [0.4, 0.5) is 0 Å². The molecule has 5 nitrogen and oxygen atoms in total. The fraction of sp³-hybridized carbons (Fsp3) is 0.421. The van der Waals surface area contributed by atoms with Gasteiger partial charge in [-0.2, -0.15) is 0 Å². The minimum absolute atomic E-state index is 0.132. The van der Waals surface area contributed by atoms with Gasteiger partial charge in [0.15, 0.2) is 6.54 Å². The van der Waals surface area contributed by atoms with Gasteiger partial charge in [-0.1, -0.05) is 18.2 Å². The number of carbonyl (C=O) groups excluding carboxylic acids is 1. The molecule has 134 valence electrons. The van der Waals surface area contributed by atoms with Gasteiger partial charge in [-0.3, -0.25) is 4.79 Å². The molecule has 1 amide bonds. The van der Waals surface area contributed by atoms with Gasteiger partial charge in [-0.25, -0.2) is 0 Å². The number of ether oxygens (including phenoxy) is 1. The van der Waals surface area contributed by atoms with Crippen LogP contribution in [0.15, 0.2) is 41.8 Å². The largest absolute Gasteiger partial charge is 0.497 e. The first-order valence-corrected chi connectivity index (χ1v) is 9.70. The van der Waals surface area contributed by atoms with E-state index in [1.807, 2.05) is 35.6 Å². The van der Waals surface area contributed by atoms with Gasteiger partial charge in [0.05, 0.1) is 12.0 Å². The summed E-state index contributed by atoms with van der Waals surface area (Å²) in [6.07, 6.45) is 0. The second kappa shape index (κ2) is 8.99. The summed E-state index contributed by atoms with van der Waals surface area (Å²) < 4.78 is 5.14. The molecule has 2 aromatic rings. The van der Waals surface area contributed by atoms with E-state index < -0.39 is 0 Å². The van der Waals surface area contributed by atoms with Crippen LogP contribution in [0.5, 0.6) is 5.75 Å². The number of methoxy groups -OCH3 is 1. The standard InChI is InChI=1S/C19H25N3O2S/c1-24-17-6-4-16(5-7-17)13-20-19(23)15-22-10-8-21(9-11-22)14-18-3-2-12-25-18/h2-7,12H,8-11,13-15H2,1H3,(H,20,23)/p+2. The monoisotopic (exact) mass is 361 g/mol.